The minimum absolute atomic E-state index is 0. The van der Waals surface area contributed by atoms with Crippen molar-refractivity contribution in [2.45, 2.75) is 20.0 Å². The van der Waals surface area contributed by atoms with Crippen LogP contribution >= 0.6 is 24.0 Å². The number of amides is 1. The number of hydrogen-bond acceptors (Lipinski definition) is 5. The molecule has 0 aliphatic carbocycles. The number of guanidine groups is 1. The fourth-order valence-electron chi connectivity index (χ4n) is 3.84. The standard InChI is InChI=1S/C24H33N5O3.HI/c1-18(30)27-21-7-5-6-19(14-21)16-26-24(25-2)29-12-10-28(11-13-29)17-20-15-22(31-3)8-9-23(20)32-4;/h5-9,14-15H,10-13,16-17H2,1-4H3,(H,25,26)(H,27,30);1H. The second kappa shape index (κ2) is 13.2. The second-order valence-electron chi connectivity index (χ2n) is 7.72. The van der Waals surface area contributed by atoms with Gasteiger partial charge in [-0.1, -0.05) is 12.1 Å². The lowest BCUT2D eigenvalue weighted by Crippen LogP contribution is -2.52. The first-order valence-electron chi connectivity index (χ1n) is 10.8. The molecule has 8 nitrogen and oxygen atoms in total. The molecule has 180 valence electrons. The van der Waals surface area contributed by atoms with Gasteiger partial charge in [0.2, 0.25) is 5.91 Å². The van der Waals surface area contributed by atoms with Crippen LogP contribution in [-0.4, -0.2) is 69.1 Å². The van der Waals surface area contributed by atoms with E-state index in [9.17, 15) is 4.79 Å². The Morgan fingerprint density at radius 2 is 1.82 bits per heavy atom. The summed E-state index contributed by atoms with van der Waals surface area (Å²) >= 11 is 0. The molecule has 9 heteroatoms. The molecule has 1 saturated heterocycles. The molecule has 1 fully saturated rings. The van der Waals surface area contributed by atoms with Crippen LogP contribution in [0.3, 0.4) is 0 Å². The van der Waals surface area contributed by atoms with Gasteiger partial charge in [-0.15, -0.1) is 24.0 Å². The molecule has 0 spiro atoms. The van der Waals surface area contributed by atoms with Crippen LogP contribution in [0.5, 0.6) is 11.5 Å². The molecule has 2 aromatic carbocycles. The van der Waals surface area contributed by atoms with E-state index in [1.54, 1.807) is 14.2 Å². The molecule has 2 aromatic rings. The van der Waals surface area contributed by atoms with Gasteiger partial charge in [0.25, 0.3) is 0 Å². The number of benzene rings is 2. The van der Waals surface area contributed by atoms with E-state index in [-0.39, 0.29) is 29.9 Å². The van der Waals surface area contributed by atoms with Gasteiger partial charge in [0.1, 0.15) is 11.5 Å². The third-order valence-corrected chi connectivity index (χ3v) is 5.46. The van der Waals surface area contributed by atoms with Crippen LogP contribution in [0.4, 0.5) is 5.69 Å². The Labute approximate surface area is 213 Å². The minimum Gasteiger partial charge on any atom is -0.497 e. The highest BCUT2D eigenvalue weighted by Gasteiger charge is 2.21. The van der Waals surface area contributed by atoms with Crippen LogP contribution in [0.2, 0.25) is 0 Å². The number of methoxy groups -OCH3 is 2. The number of carbonyl (C=O) groups is 1. The van der Waals surface area contributed by atoms with Crippen LogP contribution < -0.4 is 20.1 Å². The zero-order chi connectivity index (χ0) is 22.9. The number of rotatable bonds is 7. The van der Waals surface area contributed by atoms with Crippen molar-refractivity contribution in [3.8, 4) is 11.5 Å². The molecule has 0 saturated carbocycles. The summed E-state index contributed by atoms with van der Waals surface area (Å²) < 4.78 is 10.9. The summed E-state index contributed by atoms with van der Waals surface area (Å²) in [6.45, 7) is 6.60. The predicted octanol–water partition coefficient (Wildman–Crippen LogP) is 3.17. The average Bonchev–Trinajstić information content (AvgIpc) is 2.80. The van der Waals surface area contributed by atoms with Gasteiger partial charge in [-0.2, -0.15) is 0 Å². The molecule has 0 aromatic heterocycles. The van der Waals surface area contributed by atoms with Crippen molar-refractivity contribution in [1.82, 2.24) is 15.1 Å². The van der Waals surface area contributed by atoms with E-state index < -0.39 is 0 Å². The Kier molecular flexibility index (Phi) is 10.7. The number of nitrogens with one attached hydrogen (secondary N) is 2. The third-order valence-electron chi connectivity index (χ3n) is 5.46. The summed E-state index contributed by atoms with van der Waals surface area (Å²) in [6.07, 6.45) is 0. The predicted molar refractivity (Wildman–Crippen MR) is 143 cm³/mol. The van der Waals surface area contributed by atoms with Gasteiger partial charge in [0, 0.05) is 64.5 Å². The minimum atomic E-state index is -0.0737. The van der Waals surface area contributed by atoms with Crippen molar-refractivity contribution in [2.24, 2.45) is 4.99 Å². The van der Waals surface area contributed by atoms with Crippen molar-refractivity contribution in [1.29, 1.82) is 0 Å². The summed E-state index contributed by atoms with van der Waals surface area (Å²) in [6, 6.07) is 13.7. The van der Waals surface area contributed by atoms with Crippen LogP contribution in [0, 0.1) is 0 Å². The van der Waals surface area contributed by atoms with E-state index in [1.807, 2.05) is 49.5 Å². The molecule has 0 bridgehead atoms. The maximum Gasteiger partial charge on any atom is 0.221 e. The molecular weight excluding hydrogens is 533 g/mol. The molecule has 1 heterocycles. The molecule has 0 atom stereocenters. The van der Waals surface area contributed by atoms with E-state index in [1.165, 1.54) is 6.92 Å². The van der Waals surface area contributed by atoms with Gasteiger partial charge >= 0.3 is 0 Å². The monoisotopic (exact) mass is 567 g/mol. The molecule has 1 aliphatic heterocycles. The topological polar surface area (TPSA) is 78.4 Å². The molecular formula is C24H34IN5O3. The highest BCUT2D eigenvalue weighted by molar-refractivity contribution is 14.0. The largest absolute Gasteiger partial charge is 0.497 e. The molecule has 1 amide bonds. The lowest BCUT2D eigenvalue weighted by Gasteiger charge is -2.36. The fraction of sp³-hybridized carbons (Fsp3) is 0.417. The molecule has 3 rings (SSSR count). The molecule has 1 aliphatic rings. The number of anilines is 1. The van der Waals surface area contributed by atoms with E-state index >= 15 is 0 Å². The van der Waals surface area contributed by atoms with E-state index in [4.69, 9.17) is 9.47 Å². The number of halogens is 1. The fourth-order valence-corrected chi connectivity index (χ4v) is 3.84. The number of piperazine rings is 1. The number of hydrogen-bond donors (Lipinski definition) is 2. The maximum absolute atomic E-state index is 11.3. The lowest BCUT2D eigenvalue weighted by atomic mass is 10.1. The zero-order valence-corrected chi connectivity index (χ0v) is 22.1. The quantitative estimate of drug-likeness (QED) is 0.304. The van der Waals surface area contributed by atoms with Gasteiger partial charge in [-0.25, -0.2) is 0 Å². The Hall–Kier alpha value is -2.53. The molecule has 0 radical (unpaired) electrons. The van der Waals surface area contributed by atoms with Crippen molar-refractivity contribution in [3.05, 3.63) is 53.6 Å². The SMILES string of the molecule is CN=C(NCc1cccc(NC(C)=O)c1)N1CCN(Cc2cc(OC)ccc2OC)CC1.I. The zero-order valence-electron chi connectivity index (χ0n) is 19.8. The van der Waals surface area contributed by atoms with E-state index in [0.29, 0.717) is 6.54 Å². The van der Waals surface area contributed by atoms with Crippen molar-refractivity contribution >= 4 is 41.5 Å². The van der Waals surface area contributed by atoms with E-state index in [2.05, 4.69) is 25.4 Å². The van der Waals surface area contributed by atoms with Crippen LogP contribution in [-0.2, 0) is 17.9 Å². The number of aliphatic imine (C=N–C) groups is 1. The summed E-state index contributed by atoms with van der Waals surface area (Å²) in [7, 11) is 5.19. The normalized spacial score (nSPS) is 14.3. The summed E-state index contributed by atoms with van der Waals surface area (Å²) in [5.74, 6) is 2.53. The third kappa shape index (κ3) is 7.78. The number of nitrogens with zero attached hydrogens (tertiary/aromatic N) is 3. The van der Waals surface area contributed by atoms with Crippen molar-refractivity contribution < 1.29 is 14.3 Å². The van der Waals surface area contributed by atoms with Gasteiger partial charge in [-0.3, -0.25) is 14.7 Å². The average molecular weight is 567 g/mol. The van der Waals surface area contributed by atoms with Crippen molar-refractivity contribution in [3.63, 3.8) is 0 Å². The van der Waals surface area contributed by atoms with Crippen molar-refractivity contribution in [2.75, 3.05) is 52.8 Å². The van der Waals surface area contributed by atoms with Gasteiger partial charge in [0.15, 0.2) is 5.96 Å². The van der Waals surface area contributed by atoms with Crippen LogP contribution in [0.15, 0.2) is 47.5 Å². The van der Waals surface area contributed by atoms with Crippen LogP contribution in [0.1, 0.15) is 18.1 Å². The first kappa shape index (κ1) is 26.7. The summed E-state index contributed by atoms with van der Waals surface area (Å²) in [4.78, 5) is 20.4. The second-order valence-corrected chi connectivity index (χ2v) is 7.72. The number of ether oxygens (including phenoxy) is 2. The van der Waals surface area contributed by atoms with Gasteiger partial charge in [0.05, 0.1) is 14.2 Å². The van der Waals surface area contributed by atoms with Gasteiger partial charge < -0.3 is 25.0 Å². The first-order chi connectivity index (χ1) is 15.5. The Morgan fingerprint density at radius 3 is 2.45 bits per heavy atom. The molecule has 33 heavy (non-hydrogen) atoms. The summed E-state index contributed by atoms with van der Waals surface area (Å²) in [5.41, 5.74) is 3.01. The first-order valence-corrected chi connectivity index (χ1v) is 10.8. The Bertz CT molecular complexity index is 945. The maximum atomic E-state index is 11.3. The molecule has 2 N–H and O–H groups in total. The highest BCUT2D eigenvalue weighted by atomic mass is 127. The molecule has 0 unspecified atom stereocenters. The van der Waals surface area contributed by atoms with Crippen LogP contribution in [0.25, 0.3) is 0 Å². The van der Waals surface area contributed by atoms with E-state index in [0.717, 1.165) is 67.0 Å². The Balaban J connectivity index is 0.00000385. The smallest absolute Gasteiger partial charge is 0.221 e. The van der Waals surface area contributed by atoms with Gasteiger partial charge in [-0.05, 0) is 35.9 Å². The number of carbonyl (C=O) groups excluding carboxylic acids is 1. The summed E-state index contributed by atoms with van der Waals surface area (Å²) in [5, 5.41) is 6.26. The Morgan fingerprint density at radius 1 is 1.06 bits per heavy atom. The highest BCUT2D eigenvalue weighted by Crippen LogP contribution is 2.25. The lowest BCUT2D eigenvalue weighted by molar-refractivity contribution is -0.114.